The smallest absolute Gasteiger partial charge is 0.322 e. The Bertz CT molecular complexity index is 329. The van der Waals surface area contributed by atoms with Crippen LogP contribution >= 0.6 is 0 Å². The quantitative estimate of drug-likeness (QED) is 0.720. The summed E-state index contributed by atoms with van der Waals surface area (Å²) in [5.74, 6) is -0.830. The van der Waals surface area contributed by atoms with E-state index in [0.717, 1.165) is 5.56 Å². The monoisotopic (exact) mass is 223 g/mol. The number of rotatable bonds is 6. The zero-order valence-corrected chi connectivity index (χ0v) is 9.55. The average Bonchev–Trinajstić information content (AvgIpc) is 2.27. The standard InChI is InChI=1S/C11H17N3O2/c1-12-10(11(15)16)8-14(2)7-9-3-5-13-6-4-9/h3-6,10,12H,7-8H2,1-2H3,(H,15,16). The lowest BCUT2D eigenvalue weighted by atomic mass is 10.2. The Morgan fingerprint density at radius 2 is 2.19 bits per heavy atom. The van der Waals surface area contributed by atoms with Gasteiger partial charge in [-0.1, -0.05) is 0 Å². The van der Waals surface area contributed by atoms with Crippen molar-refractivity contribution in [3.8, 4) is 0 Å². The second kappa shape index (κ2) is 6.19. The Balaban J connectivity index is 2.47. The lowest BCUT2D eigenvalue weighted by Gasteiger charge is -2.20. The number of aliphatic carboxylic acids is 1. The molecule has 1 atom stereocenters. The maximum Gasteiger partial charge on any atom is 0.322 e. The molecule has 0 aromatic carbocycles. The van der Waals surface area contributed by atoms with Crippen molar-refractivity contribution in [1.29, 1.82) is 0 Å². The van der Waals surface area contributed by atoms with Gasteiger partial charge in [0.05, 0.1) is 0 Å². The van der Waals surface area contributed by atoms with E-state index >= 15 is 0 Å². The summed E-state index contributed by atoms with van der Waals surface area (Å²) in [6.07, 6.45) is 3.46. The number of carboxylic acids is 1. The van der Waals surface area contributed by atoms with Gasteiger partial charge in [-0.25, -0.2) is 0 Å². The predicted octanol–water partition coefficient (Wildman–Crippen LogP) is 0.186. The van der Waals surface area contributed by atoms with Crippen molar-refractivity contribution < 1.29 is 9.90 Å². The molecule has 1 heterocycles. The highest BCUT2D eigenvalue weighted by molar-refractivity contribution is 5.73. The number of carboxylic acid groups (broad SMARTS) is 1. The fourth-order valence-corrected chi connectivity index (χ4v) is 1.47. The predicted molar refractivity (Wildman–Crippen MR) is 61.1 cm³/mol. The number of nitrogens with zero attached hydrogens (tertiary/aromatic N) is 2. The molecule has 0 radical (unpaired) electrons. The van der Waals surface area contributed by atoms with Gasteiger partial charge in [-0.15, -0.1) is 0 Å². The van der Waals surface area contributed by atoms with E-state index in [1.165, 1.54) is 0 Å². The number of hydrogen-bond acceptors (Lipinski definition) is 4. The van der Waals surface area contributed by atoms with Crippen LogP contribution in [-0.4, -0.2) is 47.6 Å². The molecule has 0 saturated carbocycles. The Morgan fingerprint density at radius 1 is 1.56 bits per heavy atom. The molecule has 0 fully saturated rings. The molecule has 0 amide bonds. The van der Waals surface area contributed by atoms with E-state index in [1.54, 1.807) is 19.4 Å². The first-order valence-electron chi connectivity index (χ1n) is 5.11. The Morgan fingerprint density at radius 3 is 2.69 bits per heavy atom. The third kappa shape index (κ3) is 3.96. The van der Waals surface area contributed by atoms with Crippen LogP contribution in [0.25, 0.3) is 0 Å². The van der Waals surface area contributed by atoms with E-state index < -0.39 is 12.0 Å². The van der Waals surface area contributed by atoms with Crippen LogP contribution in [0.15, 0.2) is 24.5 Å². The number of nitrogens with one attached hydrogen (secondary N) is 1. The third-order valence-electron chi connectivity index (χ3n) is 2.34. The van der Waals surface area contributed by atoms with Crippen LogP contribution < -0.4 is 5.32 Å². The summed E-state index contributed by atoms with van der Waals surface area (Å²) in [6, 6.07) is 3.31. The van der Waals surface area contributed by atoms with Crippen LogP contribution in [0, 0.1) is 0 Å². The third-order valence-corrected chi connectivity index (χ3v) is 2.34. The van der Waals surface area contributed by atoms with Gasteiger partial charge in [-0.2, -0.15) is 0 Å². The van der Waals surface area contributed by atoms with E-state index in [2.05, 4.69) is 10.3 Å². The Hall–Kier alpha value is -1.46. The molecule has 1 aromatic heterocycles. The lowest BCUT2D eigenvalue weighted by Crippen LogP contribution is -2.43. The molecule has 0 spiro atoms. The van der Waals surface area contributed by atoms with Crippen molar-refractivity contribution >= 4 is 5.97 Å². The maximum absolute atomic E-state index is 10.8. The van der Waals surface area contributed by atoms with Gasteiger partial charge in [-0.3, -0.25) is 14.7 Å². The fraction of sp³-hybridized carbons (Fsp3) is 0.455. The van der Waals surface area contributed by atoms with E-state index in [4.69, 9.17) is 5.11 Å². The van der Waals surface area contributed by atoms with Gasteiger partial charge < -0.3 is 10.4 Å². The molecule has 1 aromatic rings. The molecule has 88 valence electrons. The highest BCUT2D eigenvalue weighted by atomic mass is 16.4. The van der Waals surface area contributed by atoms with Gasteiger partial charge >= 0.3 is 5.97 Å². The fourth-order valence-electron chi connectivity index (χ4n) is 1.47. The summed E-state index contributed by atoms with van der Waals surface area (Å²) in [6.45, 7) is 1.18. The number of pyridine rings is 1. The van der Waals surface area contributed by atoms with Crippen molar-refractivity contribution in [1.82, 2.24) is 15.2 Å². The number of likely N-dealkylation sites (N-methyl/N-ethyl adjacent to an activating group) is 2. The zero-order valence-electron chi connectivity index (χ0n) is 9.55. The Labute approximate surface area is 95.1 Å². The van der Waals surface area contributed by atoms with Crippen LogP contribution in [0.3, 0.4) is 0 Å². The van der Waals surface area contributed by atoms with Crippen LogP contribution in [0.2, 0.25) is 0 Å². The van der Waals surface area contributed by atoms with Crippen LogP contribution in [0.5, 0.6) is 0 Å². The summed E-state index contributed by atoms with van der Waals surface area (Å²) in [4.78, 5) is 16.7. The number of hydrogen-bond donors (Lipinski definition) is 2. The lowest BCUT2D eigenvalue weighted by molar-refractivity contribution is -0.139. The van der Waals surface area contributed by atoms with Crippen LogP contribution in [0.1, 0.15) is 5.56 Å². The average molecular weight is 223 g/mol. The highest BCUT2D eigenvalue weighted by Crippen LogP contribution is 2.01. The molecule has 1 unspecified atom stereocenters. The molecule has 2 N–H and O–H groups in total. The maximum atomic E-state index is 10.8. The molecule has 0 aliphatic rings. The summed E-state index contributed by atoms with van der Waals surface area (Å²) in [5, 5.41) is 11.7. The Kier molecular flexibility index (Phi) is 4.88. The van der Waals surface area contributed by atoms with Crippen molar-refractivity contribution in [2.45, 2.75) is 12.6 Å². The SMILES string of the molecule is CNC(CN(C)Cc1ccncc1)C(=O)O. The molecule has 5 heteroatoms. The molecular formula is C11H17N3O2. The molecular weight excluding hydrogens is 206 g/mol. The van der Waals surface area contributed by atoms with E-state index in [1.807, 2.05) is 24.1 Å². The largest absolute Gasteiger partial charge is 0.480 e. The number of carbonyl (C=O) groups is 1. The summed E-state index contributed by atoms with van der Waals surface area (Å²) in [7, 11) is 3.55. The molecule has 1 rings (SSSR count). The normalized spacial score (nSPS) is 12.7. The summed E-state index contributed by atoms with van der Waals surface area (Å²) >= 11 is 0. The minimum atomic E-state index is -0.830. The molecule has 16 heavy (non-hydrogen) atoms. The zero-order chi connectivity index (χ0) is 12.0. The van der Waals surface area contributed by atoms with Crippen molar-refractivity contribution in [2.75, 3.05) is 20.6 Å². The van der Waals surface area contributed by atoms with Crippen LogP contribution in [0.4, 0.5) is 0 Å². The molecule has 0 aliphatic carbocycles. The van der Waals surface area contributed by atoms with Crippen molar-refractivity contribution in [2.24, 2.45) is 0 Å². The first-order chi connectivity index (χ1) is 7.63. The minimum Gasteiger partial charge on any atom is -0.480 e. The van der Waals surface area contributed by atoms with Gasteiger partial charge in [0.15, 0.2) is 0 Å². The van der Waals surface area contributed by atoms with E-state index in [9.17, 15) is 4.79 Å². The van der Waals surface area contributed by atoms with Gasteiger partial charge in [0.1, 0.15) is 6.04 Å². The van der Waals surface area contributed by atoms with Gasteiger partial charge in [0.25, 0.3) is 0 Å². The van der Waals surface area contributed by atoms with Crippen molar-refractivity contribution in [3.05, 3.63) is 30.1 Å². The number of aromatic nitrogens is 1. The highest BCUT2D eigenvalue weighted by Gasteiger charge is 2.16. The first-order valence-corrected chi connectivity index (χ1v) is 5.11. The van der Waals surface area contributed by atoms with Crippen LogP contribution in [-0.2, 0) is 11.3 Å². The van der Waals surface area contributed by atoms with Gasteiger partial charge in [-0.05, 0) is 31.8 Å². The summed E-state index contributed by atoms with van der Waals surface area (Å²) < 4.78 is 0. The second-order valence-electron chi connectivity index (χ2n) is 3.73. The van der Waals surface area contributed by atoms with Gasteiger partial charge in [0, 0.05) is 25.5 Å². The minimum absolute atomic E-state index is 0.466. The second-order valence-corrected chi connectivity index (χ2v) is 3.73. The van der Waals surface area contributed by atoms with E-state index in [0.29, 0.717) is 13.1 Å². The van der Waals surface area contributed by atoms with E-state index in [-0.39, 0.29) is 0 Å². The molecule has 0 saturated heterocycles. The topological polar surface area (TPSA) is 65.5 Å². The molecule has 0 aliphatic heterocycles. The summed E-state index contributed by atoms with van der Waals surface area (Å²) in [5.41, 5.74) is 1.12. The molecule has 5 nitrogen and oxygen atoms in total. The molecule has 0 bridgehead atoms. The van der Waals surface area contributed by atoms with Gasteiger partial charge in [0.2, 0.25) is 0 Å². The first kappa shape index (κ1) is 12.6. The van der Waals surface area contributed by atoms with Crippen molar-refractivity contribution in [3.63, 3.8) is 0 Å².